The third kappa shape index (κ3) is 5.04. The first-order valence-corrected chi connectivity index (χ1v) is 8.10. The van der Waals surface area contributed by atoms with Gasteiger partial charge in [0.2, 0.25) is 5.88 Å². The molecule has 5 nitrogen and oxygen atoms in total. The number of nitrogens with one attached hydrogen (secondary N) is 2. The number of rotatable bonds is 6. The van der Waals surface area contributed by atoms with Crippen molar-refractivity contribution in [3.8, 4) is 5.88 Å². The first kappa shape index (κ1) is 16.3. The van der Waals surface area contributed by atoms with E-state index >= 15 is 0 Å². The van der Waals surface area contributed by atoms with Crippen molar-refractivity contribution in [1.82, 2.24) is 15.6 Å². The molecule has 0 aliphatic carbocycles. The molecule has 0 aliphatic rings. The van der Waals surface area contributed by atoms with Gasteiger partial charge in [0.15, 0.2) is 5.96 Å². The first-order chi connectivity index (χ1) is 10.7. The summed E-state index contributed by atoms with van der Waals surface area (Å²) in [6.45, 7) is 6.13. The number of aliphatic imine (C=N–C) groups is 1. The Morgan fingerprint density at radius 3 is 2.77 bits per heavy atom. The van der Waals surface area contributed by atoms with E-state index in [1.54, 1.807) is 24.6 Å². The number of pyridine rings is 1. The Hall–Kier alpha value is -2.08. The summed E-state index contributed by atoms with van der Waals surface area (Å²) in [4.78, 5) is 11.0. The number of nitrogens with zero attached hydrogens (tertiary/aromatic N) is 2. The van der Waals surface area contributed by atoms with Crippen molar-refractivity contribution < 1.29 is 4.74 Å². The van der Waals surface area contributed by atoms with Crippen LogP contribution in [0.15, 0.2) is 35.5 Å². The van der Waals surface area contributed by atoms with Crippen LogP contribution in [0.25, 0.3) is 0 Å². The molecule has 0 atom stereocenters. The van der Waals surface area contributed by atoms with Crippen LogP contribution < -0.4 is 15.4 Å². The van der Waals surface area contributed by atoms with E-state index in [2.05, 4.69) is 39.7 Å². The molecule has 0 amide bonds. The molecule has 0 fully saturated rings. The molecule has 0 aliphatic heterocycles. The van der Waals surface area contributed by atoms with Gasteiger partial charge in [0.1, 0.15) is 0 Å². The predicted molar refractivity (Wildman–Crippen MR) is 91.5 cm³/mol. The molecule has 0 unspecified atom stereocenters. The molecular formula is C16H22N4OS. The van der Waals surface area contributed by atoms with Gasteiger partial charge in [-0.25, -0.2) is 4.98 Å². The molecule has 0 aromatic carbocycles. The Morgan fingerprint density at radius 1 is 1.27 bits per heavy atom. The Labute approximate surface area is 135 Å². The average Bonchev–Trinajstić information content (AvgIpc) is 2.94. The SMILES string of the molecule is CCOc1cc(CNC(=NC)NCc2ccc(C)s2)ccn1. The van der Waals surface area contributed by atoms with Crippen molar-refractivity contribution >= 4 is 17.3 Å². The second-order valence-electron chi connectivity index (χ2n) is 4.73. The van der Waals surface area contributed by atoms with E-state index in [4.69, 9.17) is 4.74 Å². The predicted octanol–water partition coefficient (Wildman–Crippen LogP) is 2.72. The zero-order chi connectivity index (χ0) is 15.8. The highest BCUT2D eigenvalue weighted by Gasteiger charge is 2.02. The summed E-state index contributed by atoms with van der Waals surface area (Å²) >= 11 is 1.79. The monoisotopic (exact) mass is 318 g/mol. The van der Waals surface area contributed by atoms with Gasteiger partial charge < -0.3 is 15.4 Å². The molecule has 2 rings (SSSR count). The second-order valence-corrected chi connectivity index (χ2v) is 6.10. The Kier molecular flexibility index (Phi) is 6.21. The maximum absolute atomic E-state index is 5.40. The van der Waals surface area contributed by atoms with Gasteiger partial charge >= 0.3 is 0 Å². The van der Waals surface area contributed by atoms with Crippen LogP contribution in [-0.2, 0) is 13.1 Å². The van der Waals surface area contributed by atoms with Crippen LogP contribution in [-0.4, -0.2) is 24.6 Å². The molecule has 2 heterocycles. The average molecular weight is 318 g/mol. The Balaban J connectivity index is 1.84. The quantitative estimate of drug-likeness (QED) is 0.635. The first-order valence-electron chi connectivity index (χ1n) is 7.29. The largest absolute Gasteiger partial charge is 0.478 e. The van der Waals surface area contributed by atoms with E-state index in [1.807, 2.05) is 19.1 Å². The number of aromatic nitrogens is 1. The normalized spacial score (nSPS) is 11.3. The van der Waals surface area contributed by atoms with Gasteiger partial charge in [0, 0.05) is 35.6 Å². The molecule has 2 aromatic rings. The van der Waals surface area contributed by atoms with E-state index in [0.29, 0.717) is 19.0 Å². The van der Waals surface area contributed by atoms with Crippen molar-refractivity contribution in [2.45, 2.75) is 26.9 Å². The Morgan fingerprint density at radius 2 is 2.09 bits per heavy atom. The fourth-order valence-corrected chi connectivity index (χ4v) is 2.77. The maximum Gasteiger partial charge on any atom is 0.213 e. The Bertz CT molecular complexity index is 624. The summed E-state index contributed by atoms with van der Waals surface area (Å²) in [5, 5.41) is 6.60. The summed E-state index contributed by atoms with van der Waals surface area (Å²) in [6.07, 6.45) is 1.76. The van der Waals surface area contributed by atoms with Gasteiger partial charge in [-0.05, 0) is 37.6 Å². The van der Waals surface area contributed by atoms with Crippen molar-refractivity contribution in [1.29, 1.82) is 0 Å². The van der Waals surface area contributed by atoms with Crippen molar-refractivity contribution in [3.63, 3.8) is 0 Å². The summed E-state index contributed by atoms with van der Waals surface area (Å²) in [6, 6.07) is 8.17. The lowest BCUT2D eigenvalue weighted by atomic mass is 10.2. The topological polar surface area (TPSA) is 58.5 Å². The third-order valence-electron chi connectivity index (χ3n) is 3.00. The minimum absolute atomic E-state index is 0.618. The van der Waals surface area contributed by atoms with Crippen LogP contribution in [0.5, 0.6) is 5.88 Å². The lowest BCUT2D eigenvalue weighted by Gasteiger charge is -2.11. The fourth-order valence-electron chi connectivity index (χ4n) is 1.94. The molecule has 118 valence electrons. The summed E-state index contributed by atoms with van der Waals surface area (Å²) in [5.41, 5.74) is 1.10. The second kappa shape index (κ2) is 8.38. The number of aryl methyl sites for hydroxylation is 1. The van der Waals surface area contributed by atoms with Crippen LogP contribution in [0.2, 0.25) is 0 Å². The van der Waals surface area contributed by atoms with Crippen molar-refractivity contribution in [2.75, 3.05) is 13.7 Å². The van der Waals surface area contributed by atoms with Gasteiger partial charge in [0.05, 0.1) is 13.2 Å². The molecule has 2 aromatic heterocycles. The molecule has 0 bridgehead atoms. The van der Waals surface area contributed by atoms with Gasteiger partial charge in [0.25, 0.3) is 0 Å². The maximum atomic E-state index is 5.40. The number of thiophene rings is 1. The molecule has 0 spiro atoms. The lowest BCUT2D eigenvalue weighted by molar-refractivity contribution is 0.326. The van der Waals surface area contributed by atoms with Gasteiger partial charge in [-0.3, -0.25) is 4.99 Å². The van der Waals surface area contributed by atoms with E-state index in [-0.39, 0.29) is 0 Å². The third-order valence-corrected chi connectivity index (χ3v) is 4.00. The van der Waals surface area contributed by atoms with Gasteiger partial charge in [-0.2, -0.15) is 0 Å². The zero-order valence-corrected chi connectivity index (χ0v) is 14.0. The fraction of sp³-hybridized carbons (Fsp3) is 0.375. The summed E-state index contributed by atoms with van der Waals surface area (Å²) in [5.74, 6) is 1.43. The highest BCUT2D eigenvalue weighted by molar-refractivity contribution is 7.11. The van der Waals surface area contributed by atoms with Crippen molar-refractivity contribution in [3.05, 3.63) is 45.8 Å². The zero-order valence-electron chi connectivity index (χ0n) is 13.2. The van der Waals surface area contributed by atoms with E-state index in [1.165, 1.54) is 9.75 Å². The van der Waals surface area contributed by atoms with E-state index in [9.17, 15) is 0 Å². The van der Waals surface area contributed by atoms with Crippen molar-refractivity contribution in [2.24, 2.45) is 4.99 Å². The van der Waals surface area contributed by atoms with Crippen LogP contribution in [0.1, 0.15) is 22.2 Å². The molecule has 2 N–H and O–H groups in total. The van der Waals surface area contributed by atoms with Gasteiger partial charge in [-0.1, -0.05) is 0 Å². The molecular weight excluding hydrogens is 296 g/mol. The number of hydrogen-bond acceptors (Lipinski definition) is 4. The highest BCUT2D eigenvalue weighted by atomic mass is 32.1. The van der Waals surface area contributed by atoms with Gasteiger partial charge in [-0.15, -0.1) is 11.3 Å². The number of guanidine groups is 1. The minimum Gasteiger partial charge on any atom is -0.478 e. The smallest absolute Gasteiger partial charge is 0.213 e. The number of ether oxygens (including phenoxy) is 1. The lowest BCUT2D eigenvalue weighted by Crippen LogP contribution is -2.36. The standard InChI is InChI=1S/C16H22N4OS/c1-4-21-15-9-13(7-8-18-15)10-19-16(17-3)20-11-14-6-5-12(2)22-14/h5-9H,4,10-11H2,1-3H3,(H2,17,19,20). The van der Waals surface area contributed by atoms with E-state index in [0.717, 1.165) is 18.1 Å². The molecule has 0 saturated heterocycles. The summed E-state index contributed by atoms with van der Waals surface area (Å²) < 4.78 is 5.40. The van der Waals surface area contributed by atoms with Crippen LogP contribution in [0, 0.1) is 6.92 Å². The highest BCUT2D eigenvalue weighted by Crippen LogP contribution is 2.14. The number of hydrogen-bond donors (Lipinski definition) is 2. The van der Waals surface area contributed by atoms with Crippen LogP contribution in [0.4, 0.5) is 0 Å². The molecule has 0 radical (unpaired) electrons. The summed E-state index contributed by atoms with van der Waals surface area (Å²) in [7, 11) is 1.77. The van der Waals surface area contributed by atoms with Crippen LogP contribution in [0.3, 0.4) is 0 Å². The van der Waals surface area contributed by atoms with E-state index < -0.39 is 0 Å². The molecule has 0 saturated carbocycles. The molecule has 6 heteroatoms. The van der Waals surface area contributed by atoms with Crippen LogP contribution >= 0.6 is 11.3 Å². The molecule has 22 heavy (non-hydrogen) atoms. The minimum atomic E-state index is 0.618.